The first-order valence-corrected chi connectivity index (χ1v) is 4.44. The van der Waals surface area contributed by atoms with Crippen LogP contribution in [0.15, 0.2) is 17.1 Å². The van der Waals surface area contributed by atoms with E-state index in [0.29, 0.717) is 10.5 Å². The summed E-state index contributed by atoms with van der Waals surface area (Å²) in [6.45, 7) is 5.18. The summed E-state index contributed by atoms with van der Waals surface area (Å²) >= 11 is 3.33. The second-order valence-electron chi connectivity index (χ2n) is 2.38. The molecule has 0 heterocycles. The van der Waals surface area contributed by atoms with Crippen molar-refractivity contribution in [2.24, 2.45) is 4.99 Å². The number of alkyl halides is 2. The van der Waals surface area contributed by atoms with Crippen LogP contribution in [0.4, 0.5) is 4.39 Å². The molecule has 0 N–H and O–H groups in total. The monoisotopic (exact) mass is 221 g/mol. The minimum Gasteiger partial charge on any atom is -0.254 e. The molecule has 0 aromatic carbocycles. The summed E-state index contributed by atoms with van der Waals surface area (Å²) in [5.41, 5.74) is 0.714. The van der Waals surface area contributed by atoms with Gasteiger partial charge in [-0.2, -0.15) is 0 Å². The summed E-state index contributed by atoms with van der Waals surface area (Å²) in [4.78, 5) is 4.00. The molecule has 0 aliphatic rings. The highest BCUT2D eigenvalue weighted by atomic mass is 79.9. The van der Waals surface area contributed by atoms with Crippen molar-refractivity contribution in [3.8, 4) is 0 Å². The topological polar surface area (TPSA) is 12.4 Å². The molecule has 0 fully saturated rings. The summed E-state index contributed by atoms with van der Waals surface area (Å²) in [5.74, 6) is 0. The molecule has 0 radical (unpaired) electrons. The van der Waals surface area contributed by atoms with E-state index in [1.807, 2.05) is 13.0 Å². The van der Waals surface area contributed by atoms with E-state index >= 15 is 0 Å². The van der Waals surface area contributed by atoms with Crippen LogP contribution in [-0.2, 0) is 0 Å². The van der Waals surface area contributed by atoms with Gasteiger partial charge in [0.1, 0.15) is 0 Å². The maximum absolute atomic E-state index is 12.2. The van der Waals surface area contributed by atoms with Crippen LogP contribution >= 0.6 is 15.9 Å². The minimum atomic E-state index is -1.11. The third kappa shape index (κ3) is 7.72. The highest BCUT2D eigenvalue weighted by molar-refractivity contribution is 9.09. The van der Waals surface area contributed by atoms with Gasteiger partial charge in [0.25, 0.3) is 0 Å². The fourth-order valence-corrected chi connectivity index (χ4v) is 0.748. The first kappa shape index (κ1) is 10.8. The van der Waals surface area contributed by atoms with Crippen LogP contribution in [0.2, 0.25) is 0 Å². The zero-order valence-electron chi connectivity index (χ0n) is 7.01. The summed E-state index contributed by atoms with van der Waals surface area (Å²) in [7, 11) is 0. The zero-order chi connectivity index (χ0) is 8.85. The molecule has 2 atom stereocenters. The highest BCUT2D eigenvalue weighted by Crippen LogP contribution is 1.99. The van der Waals surface area contributed by atoms with Crippen molar-refractivity contribution in [3.63, 3.8) is 0 Å². The molecular formula is C8H13BrFN. The minimum absolute atomic E-state index is 0.308. The normalized spacial score (nSPS) is 18.8. The summed E-state index contributed by atoms with van der Waals surface area (Å²) < 4.78 is 12.2. The third-order valence-corrected chi connectivity index (χ3v) is 1.29. The van der Waals surface area contributed by atoms with Crippen LogP contribution in [0, 0.1) is 0 Å². The van der Waals surface area contributed by atoms with Gasteiger partial charge in [0.2, 0.25) is 0 Å². The number of hydrogen-bond donors (Lipinski definition) is 0. The van der Waals surface area contributed by atoms with E-state index in [0.717, 1.165) is 0 Å². The predicted molar refractivity (Wildman–Crippen MR) is 51.2 cm³/mol. The number of rotatable bonds is 3. The average molecular weight is 222 g/mol. The largest absolute Gasteiger partial charge is 0.254 e. The van der Waals surface area contributed by atoms with Gasteiger partial charge >= 0.3 is 0 Å². The van der Waals surface area contributed by atoms with Gasteiger partial charge in [0, 0.05) is 10.5 Å². The van der Waals surface area contributed by atoms with Gasteiger partial charge in [0.05, 0.1) is 0 Å². The van der Waals surface area contributed by atoms with Crippen molar-refractivity contribution in [2.75, 3.05) is 0 Å². The van der Waals surface area contributed by atoms with E-state index in [4.69, 9.17) is 0 Å². The fourth-order valence-electron chi connectivity index (χ4n) is 0.595. The Morgan fingerprint density at radius 3 is 2.45 bits per heavy atom. The maximum atomic E-state index is 12.2. The molecule has 1 nitrogen and oxygen atoms in total. The van der Waals surface area contributed by atoms with Gasteiger partial charge in [0.15, 0.2) is 6.30 Å². The molecule has 0 aliphatic carbocycles. The smallest absolute Gasteiger partial charge is 0.187 e. The van der Waals surface area contributed by atoms with Crippen molar-refractivity contribution in [1.29, 1.82) is 0 Å². The van der Waals surface area contributed by atoms with E-state index in [9.17, 15) is 4.39 Å². The molecule has 11 heavy (non-hydrogen) atoms. The molecule has 0 aromatic heterocycles. The second-order valence-corrected chi connectivity index (χ2v) is 3.83. The Bertz CT molecular complexity index is 161. The number of nitrogens with zero attached hydrogens (tertiary/aromatic N) is 1. The number of hydrogen-bond acceptors (Lipinski definition) is 1. The molecule has 0 amide bonds. The lowest BCUT2D eigenvalue weighted by molar-refractivity contribution is 0.376. The van der Waals surface area contributed by atoms with Crippen molar-refractivity contribution < 1.29 is 4.39 Å². The Labute approximate surface area is 75.5 Å². The van der Waals surface area contributed by atoms with E-state index < -0.39 is 6.30 Å². The number of allylic oxidation sites excluding steroid dienone is 2. The molecule has 0 rings (SSSR count). The summed E-state index contributed by atoms with van der Waals surface area (Å²) in [5, 5.41) is 0. The molecular weight excluding hydrogens is 209 g/mol. The fraction of sp³-hybridized carbons (Fsp3) is 0.625. The summed E-state index contributed by atoms with van der Waals surface area (Å²) in [6.07, 6.45) is 2.61. The van der Waals surface area contributed by atoms with Crippen LogP contribution in [0.3, 0.4) is 0 Å². The average Bonchev–Trinajstić information content (AvgIpc) is 1.82. The molecule has 2 unspecified atom stereocenters. The molecule has 0 saturated carbocycles. The van der Waals surface area contributed by atoms with Crippen molar-refractivity contribution in [1.82, 2.24) is 0 Å². The first-order valence-electron chi connectivity index (χ1n) is 3.53. The van der Waals surface area contributed by atoms with Crippen LogP contribution < -0.4 is 0 Å². The van der Waals surface area contributed by atoms with Gasteiger partial charge in [-0.15, -0.1) is 0 Å². The van der Waals surface area contributed by atoms with Crippen LogP contribution in [0.5, 0.6) is 0 Å². The lowest BCUT2D eigenvalue weighted by Gasteiger charge is -1.95. The third-order valence-electron chi connectivity index (χ3n) is 0.984. The second kappa shape index (κ2) is 5.47. The molecule has 0 aromatic rings. The number of aliphatic imine (C=N–C) groups is 1. The van der Waals surface area contributed by atoms with Crippen molar-refractivity contribution in [2.45, 2.75) is 31.9 Å². The zero-order valence-corrected chi connectivity index (χ0v) is 8.60. The Balaban J connectivity index is 3.95. The van der Waals surface area contributed by atoms with Gasteiger partial charge < -0.3 is 0 Å². The standard InChI is InChI=1S/C8H13BrFN/c1-6(9)4-5-7(2)11-8(3)10/h4-6,8H,1-3H3/b5-4-,11-7-. The van der Waals surface area contributed by atoms with E-state index in [-0.39, 0.29) is 0 Å². The van der Waals surface area contributed by atoms with E-state index in [1.165, 1.54) is 6.92 Å². The molecule has 3 heteroatoms. The Morgan fingerprint density at radius 2 is 2.09 bits per heavy atom. The molecule has 0 saturated heterocycles. The van der Waals surface area contributed by atoms with E-state index in [2.05, 4.69) is 20.9 Å². The van der Waals surface area contributed by atoms with E-state index in [1.54, 1.807) is 13.0 Å². The lowest BCUT2D eigenvalue weighted by Crippen LogP contribution is -1.94. The SMILES string of the molecule is CC(/C=C\C(C)Br)=N/C(C)F. The Kier molecular flexibility index (Phi) is 5.38. The lowest BCUT2D eigenvalue weighted by atomic mass is 10.3. The van der Waals surface area contributed by atoms with Crippen LogP contribution in [0.1, 0.15) is 20.8 Å². The molecule has 0 aliphatic heterocycles. The maximum Gasteiger partial charge on any atom is 0.187 e. The number of halogens is 2. The van der Waals surface area contributed by atoms with Crippen molar-refractivity contribution in [3.05, 3.63) is 12.2 Å². The highest BCUT2D eigenvalue weighted by Gasteiger charge is 1.92. The van der Waals surface area contributed by atoms with Gasteiger partial charge in [-0.25, -0.2) is 4.39 Å². The molecule has 0 spiro atoms. The van der Waals surface area contributed by atoms with Crippen molar-refractivity contribution >= 4 is 21.6 Å². The first-order chi connectivity index (χ1) is 5.02. The Hall–Kier alpha value is -0.180. The van der Waals surface area contributed by atoms with Crippen LogP contribution in [0.25, 0.3) is 0 Å². The van der Waals surface area contributed by atoms with Gasteiger partial charge in [-0.05, 0) is 26.8 Å². The summed E-state index contributed by atoms with van der Waals surface area (Å²) in [6, 6.07) is 0. The molecule has 64 valence electrons. The van der Waals surface area contributed by atoms with Crippen LogP contribution in [-0.4, -0.2) is 16.8 Å². The molecule has 0 bridgehead atoms. The van der Waals surface area contributed by atoms with Gasteiger partial charge in [-0.1, -0.05) is 22.0 Å². The Morgan fingerprint density at radius 1 is 1.55 bits per heavy atom. The van der Waals surface area contributed by atoms with Gasteiger partial charge in [-0.3, -0.25) is 4.99 Å². The predicted octanol–water partition coefficient (Wildman–Crippen LogP) is 3.10. The quantitative estimate of drug-likeness (QED) is 0.395.